The summed E-state index contributed by atoms with van der Waals surface area (Å²) in [4.78, 5) is 11.3. The number of thiophene rings is 1. The largest absolute Gasteiger partial charge is 0.493 e. The van der Waals surface area contributed by atoms with Gasteiger partial charge in [-0.25, -0.2) is 9.97 Å². The molecule has 0 spiro atoms. The number of rotatable bonds is 3. The molecule has 0 bridgehead atoms. The first-order chi connectivity index (χ1) is 10.9. The van der Waals surface area contributed by atoms with Crippen molar-refractivity contribution in [3.63, 3.8) is 0 Å². The molecule has 4 nitrogen and oxygen atoms in total. The van der Waals surface area contributed by atoms with Crippen LogP contribution in [0.4, 0.5) is 0 Å². The molecule has 0 saturated heterocycles. The maximum absolute atomic E-state index is 6.07. The zero-order valence-corrected chi connectivity index (χ0v) is 13.2. The van der Waals surface area contributed by atoms with Crippen LogP contribution >= 0.6 is 11.3 Å². The van der Waals surface area contributed by atoms with Crippen molar-refractivity contribution in [1.29, 1.82) is 0 Å². The van der Waals surface area contributed by atoms with Crippen molar-refractivity contribution >= 4 is 21.6 Å². The van der Waals surface area contributed by atoms with E-state index in [1.54, 1.807) is 24.8 Å². The van der Waals surface area contributed by atoms with Crippen LogP contribution in [0.3, 0.4) is 0 Å². The van der Waals surface area contributed by atoms with Gasteiger partial charge in [-0.15, -0.1) is 11.3 Å². The molecule has 1 aromatic carbocycles. The molecule has 0 fully saturated rings. The number of nitrogens with zero attached hydrogens (tertiary/aromatic N) is 2. The van der Waals surface area contributed by atoms with E-state index in [1.807, 2.05) is 24.3 Å². The normalized spacial score (nSPS) is 13.9. The molecule has 0 amide bonds. The summed E-state index contributed by atoms with van der Waals surface area (Å²) >= 11 is 1.77. The minimum atomic E-state index is 0.633. The molecular formula is C17H16N2O2S. The number of hydrogen-bond acceptors (Lipinski definition) is 5. The fraction of sp³-hybridized carbons (Fsp3) is 0.294. The highest BCUT2D eigenvalue weighted by atomic mass is 32.1. The van der Waals surface area contributed by atoms with Crippen LogP contribution in [0, 0.1) is 0 Å². The van der Waals surface area contributed by atoms with E-state index < -0.39 is 0 Å². The van der Waals surface area contributed by atoms with Gasteiger partial charge in [-0.1, -0.05) is 12.1 Å². The van der Waals surface area contributed by atoms with Gasteiger partial charge in [0.15, 0.2) is 11.5 Å². The summed E-state index contributed by atoms with van der Waals surface area (Å²) in [6.45, 7) is 0. The fourth-order valence-corrected chi connectivity index (χ4v) is 4.17. The van der Waals surface area contributed by atoms with E-state index in [9.17, 15) is 0 Å². The molecular weight excluding hydrogens is 296 g/mol. The SMILES string of the molecule is COc1ccccc1Oc1ncnc2sc3c(c12)CCCC3. The lowest BCUT2D eigenvalue weighted by Crippen LogP contribution is -1.99. The maximum atomic E-state index is 6.07. The molecule has 3 aromatic rings. The first-order valence-electron chi connectivity index (χ1n) is 7.43. The summed E-state index contributed by atoms with van der Waals surface area (Å²) in [5.74, 6) is 2.02. The standard InChI is InChI=1S/C17H16N2O2S/c1-20-12-7-3-4-8-13(12)21-16-15-11-6-2-5-9-14(11)22-17(15)19-10-18-16/h3-4,7-8,10H,2,5-6,9H2,1H3. The Bertz CT molecular complexity index is 829. The Balaban J connectivity index is 1.83. The smallest absolute Gasteiger partial charge is 0.231 e. The Morgan fingerprint density at radius 3 is 2.73 bits per heavy atom. The highest BCUT2D eigenvalue weighted by molar-refractivity contribution is 7.18. The first kappa shape index (κ1) is 13.5. The Hall–Kier alpha value is -2.14. The molecule has 5 heteroatoms. The summed E-state index contributed by atoms with van der Waals surface area (Å²) < 4.78 is 11.4. The molecule has 22 heavy (non-hydrogen) atoms. The quantitative estimate of drug-likeness (QED) is 0.720. The number of ether oxygens (including phenoxy) is 2. The Morgan fingerprint density at radius 2 is 1.86 bits per heavy atom. The highest BCUT2D eigenvalue weighted by Crippen LogP contribution is 2.41. The van der Waals surface area contributed by atoms with E-state index in [1.165, 1.54) is 23.3 Å². The zero-order chi connectivity index (χ0) is 14.9. The van der Waals surface area contributed by atoms with Gasteiger partial charge in [0.2, 0.25) is 5.88 Å². The van der Waals surface area contributed by atoms with Crippen molar-refractivity contribution in [1.82, 2.24) is 9.97 Å². The Labute approximate surface area is 132 Å². The molecule has 0 atom stereocenters. The van der Waals surface area contributed by atoms with E-state index in [4.69, 9.17) is 9.47 Å². The Morgan fingerprint density at radius 1 is 1.05 bits per heavy atom. The van der Waals surface area contributed by atoms with Gasteiger partial charge in [-0.2, -0.15) is 0 Å². The van der Waals surface area contributed by atoms with Crippen LogP contribution in [-0.4, -0.2) is 17.1 Å². The number of methoxy groups -OCH3 is 1. The van der Waals surface area contributed by atoms with E-state index >= 15 is 0 Å². The van der Waals surface area contributed by atoms with Crippen molar-refractivity contribution in [2.75, 3.05) is 7.11 Å². The van der Waals surface area contributed by atoms with Crippen LogP contribution < -0.4 is 9.47 Å². The lowest BCUT2D eigenvalue weighted by Gasteiger charge is -2.13. The molecule has 1 aliphatic carbocycles. The number of fused-ring (bicyclic) bond motifs is 3. The number of para-hydroxylation sites is 2. The van der Waals surface area contributed by atoms with E-state index in [2.05, 4.69) is 9.97 Å². The second-order valence-corrected chi connectivity index (χ2v) is 6.41. The van der Waals surface area contributed by atoms with Crippen LogP contribution in [0.2, 0.25) is 0 Å². The molecule has 2 heterocycles. The predicted molar refractivity (Wildman–Crippen MR) is 87.1 cm³/mol. The van der Waals surface area contributed by atoms with Crippen LogP contribution in [0.25, 0.3) is 10.2 Å². The monoisotopic (exact) mass is 312 g/mol. The van der Waals surface area contributed by atoms with Gasteiger partial charge in [-0.3, -0.25) is 0 Å². The van der Waals surface area contributed by atoms with Gasteiger partial charge in [0.25, 0.3) is 0 Å². The van der Waals surface area contributed by atoms with E-state index in [0.717, 1.165) is 23.1 Å². The fourth-order valence-electron chi connectivity index (χ4n) is 2.95. The molecule has 0 saturated carbocycles. The second-order valence-electron chi connectivity index (χ2n) is 5.32. The lowest BCUT2D eigenvalue weighted by atomic mass is 9.97. The first-order valence-corrected chi connectivity index (χ1v) is 8.24. The van der Waals surface area contributed by atoms with Crippen molar-refractivity contribution < 1.29 is 9.47 Å². The topological polar surface area (TPSA) is 44.2 Å². The molecule has 0 unspecified atom stereocenters. The molecule has 4 rings (SSSR count). The highest BCUT2D eigenvalue weighted by Gasteiger charge is 2.21. The van der Waals surface area contributed by atoms with Crippen LogP contribution in [-0.2, 0) is 12.8 Å². The minimum absolute atomic E-state index is 0.633. The zero-order valence-electron chi connectivity index (χ0n) is 12.3. The average molecular weight is 312 g/mol. The van der Waals surface area contributed by atoms with Crippen LogP contribution in [0.15, 0.2) is 30.6 Å². The second kappa shape index (κ2) is 5.57. The van der Waals surface area contributed by atoms with Gasteiger partial charge in [0.1, 0.15) is 11.2 Å². The van der Waals surface area contributed by atoms with Crippen LogP contribution in [0.5, 0.6) is 17.4 Å². The van der Waals surface area contributed by atoms with Crippen molar-refractivity contribution in [2.24, 2.45) is 0 Å². The van der Waals surface area contributed by atoms with Gasteiger partial charge in [0, 0.05) is 4.88 Å². The average Bonchev–Trinajstić information content (AvgIpc) is 2.95. The summed E-state index contributed by atoms with van der Waals surface area (Å²) in [7, 11) is 1.64. The van der Waals surface area contributed by atoms with Crippen molar-refractivity contribution in [3.05, 3.63) is 41.0 Å². The van der Waals surface area contributed by atoms with Gasteiger partial charge < -0.3 is 9.47 Å². The number of hydrogen-bond donors (Lipinski definition) is 0. The van der Waals surface area contributed by atoms with Crippen molar-refractivity contribution in [2.45, 2.75) is 25.7 Å². The third kappa shape index (κ3) is 2.22. The number of benzene rings is 1. The third-order valence-electron chi connectivity index (χ3n) is 3.99. The molecule has 0 N–H and O–H groups in total. The third-order valence-corrected chi connectivity index (χ3v) is 5.19. The molecule has 2 aromatic heterocycles. The maximum Gasteiger partial charge on any atom is 0.231 e. The summed E-state index contributed by atoms with van der Waals surface area (Å²) in [6.07, 6.45) is 6.29. The molecule has 112 valence electrons. The number of aryl methyl sites for hydroxylation is 2. The summed E-state index contributed by atoms with van der Waals surface area (Å²) in [5.41, 5.74) is 1.37. The van der Waals surface area contributed by atoms with Gasteiger partial charge in [-0.05, 0) is 43.4 Å². The summed E-state index contributed by atoms with van der Waals surface area (Å²) in [6, 6.07) is 7.63. The van der Waals surface area contributed by atoms with Gasteiger partial charge >= 0.3 is 0 Å². The van der Waals surface area contributed by atoms with E-state index in [0.29, 0.717) is 17.4 Å². The Kier molecular flexibility index (Phi) is 3.42. The minimum Gasteiger partial charge on any atom is -0.493 e. The lowest BCUT2D eigenvalue weighted by molar-refractivity contribution is 0.375. The molecule has 0 aliphatic heterocycles. The van der Waals surface area contributed by atoms with E-state index in [-0.39, 0.29) is 0 Å². The summed E-state index contributed by atoms with van der Waals surface area (Å²) in [5, 5.41) is 1.08. The predicted octanol–water partition coefficient (Wildman–Crippen LogP) is 4.37. The molecule has 1 aliphatic rings. The molecule has 0 radical (unpaired) electrons. The number of aromatic nitrogens is 2. The van der Waals surface area contributed by atoms with Crippen molar-refractivity contribution in [3.8, 4) is 17.4 Å². The van der Waals surface area contributed by atoms with Crippen LogP contribution in [0.1, 0.15) is 23.3 Å². The van der Waals surface area contributed by atoms with Gasteiger partial charge in [0.05, 0.1) is 12.5 Å².